The number of hydrogen-bond acceptors (Lipinski definition) is 6. The highest BCUT2D eigenvalue weighted by Gasteiger charge is 2.14. The Balaban J connectivity index is 2.19. The Labute approximate surface area is 132 Å². The number of fused-ring (bicyclic) bond motifs is 1. The number of nitrogens with zero attached hydrogens (tertiary/aromatic N) is 5. The molecule has 3 rings (SSSR count). The van der Waals surface area contributed by atoms with Gasteiger partial charge in [0.15, 0.2) is 11.0 Å². The van der Waals surface area contributed by atoms with Gasteiger partial charge in [0, 0.05) is 10.0 Å². The summed E-state index contributed by atoms with van der Waals surface area (Å²) in [6.07, 6.45) is 1.84. The molecule has 0 fully saturated rings. The van der Waals surface area contributed by atoms with Crippen molar-refractivity contribution in [3.63, 3.8) is 0 Å². The van der Waals surface area contributed by atoms with Crippen LogP contribution >= 0.6 is 27.7 Å². The molecule has 3 aromatic rings. The Bertz CT molecular complexity index is 826. The number of halogens is 2. The van der Waals surface area contributed by atoms with Crippen molar-refractivity contribution in [2.45, 2.75) is 12.1 Å². The average Bonchev–Trinajstić information content (AvgIpc) is 2.88. The fourth-order valence-corrected chi connectivity index (χ4v) is 2.57. The summed E-state index contributed by atoms with van der Waals surface area (Å²) in [5, 5.41) is 4.74. The molecule has 1 aromatic carbocycles. The van der Waals surface area contributed by atoms with E-state index in [4.69, 9.17) is 5.73 Å². The molecule has 108 valence electrons. The highest BCUT2D eigenvalue weighted by Crippen LogP contribution is 2.26. The number of rotatable bonds is 2. The maximum absolute atomic E-state index is 13.8. The molecular formula is C12H10BrFN6S. The van der Waals surface area contributed by atoms with Crippen molar-refractivity contribution in [1.82, 2.24) is 24.6 Å². The van der Waals surface area contributed by atoms with Crippen LogP contribution in [-0.2, 0) is 0 Å². The Morgan fingerprint density at radius 1 is 1.29 bits per heavy atom. The Morgan fingerprint density at radius 3 is 2.71 bits per heavy atom. The van der Waals surface area contributed by atoms with Gasteiger partial charge in [-0.15, -0.1) is 5.10 Å². The van der Waals surface area contributed by atoms with Crippen LogP contribution in [0.25, 0.3) is 17.2 Å². The van der Waals surface area contributed by atoms with Gasteiger partial charge in [0.05, 0.1) is 0 Å². The summed E-state index contributed by atoms with van der Waals surface area (Å²) in [5.41, 5.74) is 6.90. The van der Waals surface area contributed by atoms with Gasteiger partial charge in [0.2, 0.25) is 5.95 Å². The monoisotopic (exact) mass is 368 g/mol. The summed E-state index contributed by atoms with van der Waals surface area (Å²) >= 11 is 4.68. The zero-order valence-corrected chi connectivity index (χ0v) is 13.5. The summed E-state index contributed by atoms with van der Waals surface area (Å²) in [4.78, 5) is 12.6. The lowest BCUT2D eigenvalue weighted by atomic mass is 10.1. The minimum Gasteiger partial charge on any atom is -0.368 e. The second-order valence-corrected chi connectivity index (χ2v) is 5.91. The molecule has 2 N–H and O–H groups in total. The summed E-state index contributed by atoms with van der Waals surface area (Å²) in [5.74, 6) is 0.532. The predicted molar refractivity (Wildman–Crippen MR) is 82.6 cm³/mol. The summed E-state index contributed by atoms with van der Waals surface area (Å²) in [7, 11) is 0. The highest BCUT2D eigenvalue weighted by atomic mass is 79.9. The van der Waals surface area contributed by atoms with E-state index in [2.05, 4.69) is 36.0 Å². The molecule has 0 bridgehead atoms. The molecule has 0 aliphatic carbocycles. The molecule has 6 nitrogen and oxygen atoms in total. The van der Waals surface area contributed by atoms with Crippen molar-refractivity contribution in [2.24, 2.45) is 0 Å². The van der Waals surface area contributed by atoms with Crippen molar-refractivity contribution >= 4 is 39.4 Å². The first-order valence-corrected chi connectivity index (χ1v) is 7.91. The van der Waals surface area contributed by atoms with Crippen LogP contribution in [0.15, 0.2) is 21.8 Å². The van der Waals surface area contributed by atoms with Crippen LogP contribution in [0.5, 0.6) is 0 Å². The molecule has 0 saturated carbocycles. The van der Waals surface area contributed by atoms with E-state index < -0.39 is 0 Å². The second-order valence-electron chi connectivity index (χ2n) is 4.28. The second kappa shape index (κ2) is 5.23. The number of anilines is 1. The van der Waals surface area contributed by atoms with Crippen molar-refractivity contribution in [2.75, 3.05) is 12.0 Å². The maximum atomic E-state index is 13.8. The third kappa shape index (κ3) is 2.46. The lowest BCUT2D eigenvalue weighted by Crippen LogP contribution is -2.04. The fraction of sp³-hybridized carbons (Fsp3) is 0.167. The Hall–Kier alpha value is -1.74. The number of nitrogen functional groups attached to an aromatic ring is 1. The van der Waals surface area contributed by atoms with E-state index in [0.29, 0.717) is 32.4 Å². The third-order valence-corrected chi connectivity index (χ3v) is 4.31. The van der Waals surface area contributed by atoms with Crippen LogP contribution in [0, 0.1) is 12.7 Å². The SMILES string of the molecule is CSc1nc(N)n2nc(-c3cc(F)c(C)c(Br)c3)nc2n1. The van der Waals surface area contributed by atoms with Gasteiger partial charge >= 0.3 is 0 Å². The minimum absolute atomic E-state index is 0.190. The lowest BCUT2D eigenvalue weighted by Gasteiger charge is -2.02. The highest BCUT2D eigenvalue weighted by molar-refractivity contribution is 9.10. The zero-order chi connectivity index (χ0) is 15.1. The molecule has 0 amide bonds. The lowest BCUT2D eigenvalue weighted by molar-refractivity contribution is 0.617. The molecule has 2 aromatic heterocycles. The summed E-state index contributed by atoms with van der Waals surface area (Å²) in [6, 6.07) is 3.14. The summed E-state index contributed by atoms with van der Waals surface area (Å²) in [6.45, 7) is 1.69. The molecule has 2 heterocycles. The zero-order valence-electron chi connectivity index (χ0n) is 11.1. The molecular weight excluding hydrogens is 359 g/mol. The topological polar surface area (TPSA) is 82.0 Å². The van der Waals surface area contributed by atoms with Crippen molar-refractivity contribution in [1.29, 1.82) is 0 Å². The molecule has 0 aliphatic heterocycles. The Morgan fingerprint density at radius 2 is 2.05 bits per heavy atom. The molecule has 0 atom stereocenters. The van der Waals surface area contributed by atoms with Crippen LogP contribution in [-0.4, -0.2) is 30.8 Å². The van der Waals surface area contributed by atoms with Crippen molar-refractivity contribution in [3.05, 3.63) is 28.0 Å². The van der Waals surface area contributed by atoms with E-state index in [-0.39, 0.29) is 11.8 Å². The van der Waals surface area contributed by atoms with Gasteiger partial charge in [0.25, 0.3) is 5.78 Å². The first-order valence-electron chi connectivity index (χ1n) is 5.90. The van der Waals surface area contributed by atoms with E-state index in [9.17, 15) is 4.39 Å². The minimum atomic E-state index is -0.331. The molecule has 0 saturated heterocycles. The maximum Gasteiger partial charge on any atom is 0.258 e. The molecule has 0 unspecified atom stereocenters. The van der Waals surface area contributed by atoms with E-state index in [1.54, 1.807) is 13.0 Å². The quantitative estimate of drug-likeness (QED) is 0.700. The number of hydrogen-bond donors (Lipinski definition) is 1. The number of aromatic nitrogens is 5. The van der Waals surface area contributed by atoms with E-state index in [1.165, 1.54) is 22.3 Å². The standard InChI is InChI=1S/C12H10BrFN6S/c1-5-7(13)3-6(4-8(5)14)9-16-11-18-12(21-2)17-10(15)20(11)19-9/h3-4H,1-2H3,(H2,15,16,17,18,19). The van der Waals surface area contributed by atoms with Crippen LogP contribution in [0.2, 0.25) is 0 Å². The number of benzene rings is 1. The van der Waals surface area contributed by atoms with Crippen LogP contribution < -0.4 is 5.73 Å². The smallest absolute Gasteiger partial charge is 0.258 e. The first-order chi connectivity index (χ1) is 9.99. The first kappa shape index (κ1) is 14.2. The van der Waals surface area contributed by atoms with Gasteiger partial charge in [-0.3, -0.25) is 0 Å². The molecule has 21 heavy (non-hydrogen) atoms. The van der Waals surface area contributed by atoms with Gasteiger partial charge in [-0.2, -0.15) is 19.5 Å². The van der Waals surface area contributed by atoms with Crippen molar-refractivity contribution < 1.29 is 4.39 Å². The van der Waals surface area contributed by atoms with Gasteiger partial charge in [0.1, 0.15) is 5.82 Å². The van der Waals surface area contributed by atoms with Gasteiger partial charge in [-0.25, -0.2) is 4.39 Å². The normalized spacial score (nSPS) is 11.2. The van der Waals surface area contributed by atoms with E-state index >= 15 is 0 Å². The van der Waals surface area contributed by atoms with Crippen LogP contribution in [0.3, 0.4) is 0 Å². The van der Waals surface area contributed by atoms with Gasteiger partial charge in [-0.1, -0.05) is 27.7 Å². The van der Waals surface area contributed by atoms with Crippen LogP contribution in [0.4, 0.5) is 10.3 Å². The third-order valence-electron chi connectivity index (χ3n) is 2.93. The van der Waals surface area contributed by atoms with E-state index in [1.807, 2.05) is 6.26 Å². The van der Waals surface area contributed by atoms with E-state index in [0.717, 1.165) is 0 Å². The number of nitrogens with two attached hydrogens (primary N) is 1. The van der Waals surface area contributed by atoms with Crippen molar-refractivity contribution in [3.8, 4) is 11.4 Å². The average molecular weight is 369 g/mol. The molecule has 0 aliphatic rings. The van der Waals surface area contributed by atoms with Crippen LogP contribution in [0.1, 0.15) is 5.56 Å². The molecule has 0 radical (unpaired) electrons. The van der Waals surface area contributed by atoms with Gasteiger partial charge < -0.3 is 5.73 Å². The largest absolute Gasteiger partial charge is 0.368 e. The predicted octanol–water partition coefficient (Wildman–Crippen LogP) is 2.70. The molecule has 9 heteroatoms. The summed E-state index contributed by atoms with van der Waals surface area (Å²) < 4.78 is 15.8. The number of thioether (sulfide) groups is 1. The molecule has 0 spiro atoms. The van der Waals surface area contributed by atoms with Gasteiger partial charge in [-0.05, 0) is 30.9 Å². The Kier molecular flexibility index (Phi) is 3.54. The fourth-order valence-electron chi connectivity index (χ4n) is 1.77.